The summed E-state index contributed by atoms with van der Waals surface area (Å²) in [5.74, 6) is 2.06. The quantitative estimate of drug-likeness (QED) is 0.281. The van der Waals surface area contributed by atoms with E-state index >= 15 is 0 Å². The van der Waals surface area contributed by atoms with Crippen molar-refractivity contribution in [2.24, 2.45) is 17.8 Å². The molecule has 4 nitrogen and oxygen atoms in total. The number of aromatic nitrogens is 1. The van der Waals surface area contributed by atoms with Gasteiger partial charge in [0.2, 0.25) is 5.91 Å². The number of fused-ring (bicyclic) bond motifs is 7. The van der Waals surface area contributed by atoms with Crippen molar-refractivity contribution >= 4 is 61.4 Å². The number of halogens is 1. The number of hydrogen-bond donors (Lipinski definition) is 1. The Balaban J connectivity index is 1.23. The second-order valence-corrected chi connectivity index (χ2v) is 13.3. The van der Waals surface area contributed by atoms with Gasteiger partial charge < -0.3 is 5.32 Å². The summed E-state index contributed by atoms with van der Waals surface area (Å²) in [6.45, 7) is 0.0428. The highest BCUT2D eigenvalue weighted by Crippen LogP contribution is 2.64. The first-order valence-corrected chi connectivity index (χ1v) is 15.0. The summed E-state index contributed by atoms with van der Waals surface area (Å²) < 4.78 is 2.80. The molecule has 7 heteroatoms. The molecule has 182 valence electrons. The third-order valence-corrected chi connectivity index (χ3v) is 11.6. The third-order valence-electron chi connectivity index (χ3n) is 8.23. The van der Waals surface area contributed by atoms with Gasteiger partial charge in [-0.1, -0.05) is 69.7 Å². The van der Waals surface area contributed by atoms with Crippen molar-refractivity contribution in [3.8, 4) is 0 Å². The van der Waals surface area contributed by atoms with Crippen LogP contribution in [0, 0.1) is 17.8 Å². The van der Waals surface area contributed by atoms with E-state index in [1.165, 1.54) is 36.2 Å². The number of carbonyl (C=O) groups excluding carboxylic acids is 1. The molecule has 1 aromatic heterocycles. The molecular formula is C29H25BrN2O2S2. The van der Waals surface area contributed by atoms with E-state index in [4.69, 9.17) is 0 Å². The van der Waals surface area contributed by atoms with Crippen LogP contribution in [0.5, 0.6) is 0 Å². The van der Waals surface area contributed by atoms with Crippen LogP contribution in [-0.4, -0.2) is 15.7 Å². The van der Waals surface area contributed by atoms with Gasteiger partial charge in [-0.3, -0.25) is 14.2 Å². The van der Waals surface area contributed by atoms with Crippen molar-refractivity contribution in [3.63, 3.8) is 0 Å². The molecule has 2 bridgehead atoms. The summed E-state index contributed by atoms with van der Waals surface area (Å²) in [6.07, 6.45) is 3.89. The molecule has 0 saturated heterocycles. The maximum absolute atomic E-state index is 13.3. The lowest BCUT2D eigenvalue weighted by Crippen LogP contribution is -2.34. The standard InChI is InChI=1S/C29H25BrN2O2S2/c30-21-7-3-6-18(13-21)25-24-19-8-9-20(12-19)26(24)35-28-27(25)36-29(34)32(28)15-23(33)31-22-11-10-16-4-1-2-5-17(16)14-22/h1-7,10-11,13-14,19-20,24-26H,8-9,12,15H2,(H,31,33)/t19-,20-,24-,25-,26+/m0/s1. The molecule has 5 atom stereocenters. The van der Waals surface area contributed by atoms with E-state index < -0.39 is 0 Å². The second-order valence-electron chi connectivity index (χ2n) is 10.3. The summed E-state index contributed by atoms with van der Waals surface area (Å²) >= 11 is 6.88. The van der Waals surface area contributed by atoms with Crippen LogP contribution >= 0.6 is 39.0 Å². The predicted molar refractivity (Wildman–Crippen MR) is 151 cm³/mol. The topological polar surface area (TPSA) is 51.1 Å². The van der Waals surface area contributed by atoms with Crippen LogP contribution in [0.15, 0.2) is 81.0 Å². The van der Waals surface area contributed by atoms with Gasteiger partial charge in [0.25, 0.3) is 0 Å². The van der Waals surface area contributed by atoms with Crippen molar-refractivity contribution in [1.29, 1.82) is 0 Å². The zero-order valence-corrected chi connectivity index (χ0v) is 22.7. The SMILES string of the molecule is O=C(Cn1c2c(sc1=O)[C@@H](c1cccc(Br)c1)[C@@H]1[C@H]3CC[C@@H](C3)[C@H]1S2)Nc1ccc2ccccc2c1. The minimum absolute atomic E-state index is 0.0338. The number of nitrogens with one attached hydrogen (secondary N) is 1. The van der Waals surface area contributed by atoms with E-state index in [9.17, 15) is 9.59 Å². The fraction of sp³-hybridized carbons (Fsp3) is 0.310. The van der Waals surface area contributed by atoms with Crippen LogP contribution in [0.4, 0.5) is 5.69 Å². The molecule has 2 heterocycles. The molecule has 0 unspecified atom stereocenters. The summed E-state index contributed by atoms with van der Waals surface area (Å²) in [6, 6.07) is 22.6. The molecule has 7 rings (SSSR count). The van der Waals surface area contributed by atoms with Gasteiger partial charge in [0.1, 0.15) is 6.54 Å². The van der Waals surface area contributed by atoms with Gasteiger partial charge in [0, 0.05) is 26.2 Å². The van der Waals surface area contributed by atoms with Gasteiger partial charge >= 0.3 is 4.87 Å². The van der Waals surface area contributed by atoms with Gasteiger partial charge in [0.15, 0.2) is 0 Å². The Morgan fingerprint density at radius 1 is 1.00 bits per heavy atom. The first-order valence-electron chi connectivity index (χ1n) is 12.5. The summed E-state index contributed by atoms with van der Waals surface area (Å²) in [5, 5.41) is 6.76. The Morgan fingerprint density at radius 2 is 1.83 bits per heavy atom. The number of nitrogens with zero attached hydrogens (tertiary/aromatic N) is 1. The fourth-order valence-corrected chi connectivity index (χ4v) is 10.3. The molecule has 3 aromatic carbocycles. The molecule has 2 saturated carbocycles. The first-order chi connectivity index (χ1) is 17.5. The molecule has 4 aromatic rings. The largest absolute Gasteiger partial charge is 0.325 e. The Morgan fingerprint density at radius 3 is 2.69 bits per heavy atom. The number of thioether (sulfide) groups is 1. The Kier molecular flexibility index (Phi) is 5.64. The van der Waals surface area contributed by atoms with Crippen LogP contribution in [0.2, 0.25) is 0 Å². The average Bonchev–Trinajstić information content (AvgIpc) is 3.57. The maximum Gasteiger partial charge on any atom is 0.308 e. The summed E-state index contributed by atoms with van der Waals surface area (Å²) in [7, 11) is 0. The monoisotopic (exact) mass is 576 g/mol. The van der Waals surface area contributed by atoms with Gasteiger partial charge in [0.05, 0.1) is 5.03 Å². The number of hydrogen-bond acceptors (Lipinski definition) is 4. The van der Waals surface area contributed by atoms with Gasteiger partial charge in [-0.25, -0.2) is 0 Å². The fourth-order valence-electron chi connectivity index (χ4n) is 6.77. The number of benzene rings is 3. The number of anilines is 1. The number of carbonyl (C=O) groups is 1. The molecule has 0 spiro atoms. The Bertz CT molecular complexity index is 1560. The van der Waals surface area contributed by atoms with Crippen molar-refractivity contribution in [3.05, 3.63) is 91.3 Å². The van der Waals surface area contributed by atoms with E-state index in [-0.39, 0.29) is 23.2 Å². The molecule has 2 fully saturated rings. The van der Waals surface area contributed by atoms with Gasteiger partial charge in [-0.15, -0.1) is 11.8 Å². The molecule has 1 amide bonds. The lowest BCUT2D eigenvalue weighted by Gasteiger charge is -2.40. The van der Waals surface area contributed by atoms with Crippen molar-refractivity contribution in [1.82, 2.24) is 4.57 Å². The average molecular weight is 578 g/mol. The van der Waals surface area contributed by atoms with Crippen LogP contribution in [0.1, 0.15) is 35.6 Å². The number of amides is 1. The maximum atomic E-state index is 13.3. The second kappa shape index (κ2) is 8.89. The van der Waals surface area contributed by atoms with E-state index in [1.807, 2.05) is 48.2 Å². The highest BCUT2D eigenvalue weighted by molar-refractivity contribution is 9.10. The van der Waals surface area contributed by atoms with Crippen molar-refractivity contribution in [2.45, 2.75) is 42.0 Å². The lowest BCUT2D eigenvalue weighted by atomic mass is 9.75. The third kappa shape index (κ3) is 3.78. The smallest absolute Gasteiger partial charge is 0.308 e. The van der Waals surface area contributed by atoms with Crippen molar-refractivity contribution in [2.75, 3.05) is 5.32 Å². The highest BCUT2D eigenvalue weighted by atomic mass is 79.9. The normalized spacial score (nSPS) is 26.1. The van der Waals surface area contributed by atoms with E-state index in [1.54, 1.807) is 4.57 Å². The van der Waals surface area contributed by atoms with Gasteiger partial charge in [-0.2, -0.15) is 0 Å². The zero-order chi connectivity index (χ0) is 24.4. The Hall–Kier alpha value is -2.35. The molecule has 36 heavy (non-hydrogen) atoms. The Labute approximate surface area is 226 Å². The molecule has 1 N–H and O–H groups in total. The van der Waals surface area contributed by atoms with Crippen LogP contribution in [0.3, 0.4) is 0 Å². The molecule has 3 aliphatic rings. The minimum atomic E-state index is -0.164. The molecule has 0 radical (unpaired) electrons. The summed E-state index contributed by atoms with van der Waals surface area (Å²) in [5.41, 5.74) is 2.03. The molecule has 1 aliphatic heterocycles. The predicted octanol–water partition coefficient (Wildman–Crippen LogP) is 7.12. The zero-order valence-electron chi connectivity index (χ0n) is 19.5. The van der Waals surface area contributed by atoms with E-state index in [0.717, 1.165) is 36.8 Å². The van der Waals surface area contributed by atoms with Crippen LogP contribution in [0.25, 0.3) is 10.8 Å². The van der Waals surface area contributed by atoms with E-state index in [0.29, 0.717) is 17.1 Å². The highest BCUT2D eigenvalue weighted by Gasteiger charge is 2.55. The number of rotatable bonds is 4. The first kappa shape index (κ1) is 22.8. The molecular weight excluding hydrogens is 552 g/mol. The molecule has 2 aliphatic carbocycles. The lowest BCUT2D eigenvalue weighted by molar-refractivity contribution is -0.116. The van der Waals surface area contributed by atoms with Crippen molar-refractivity contribution < 1.29 is 4.79 Å². The van der Waals surface area contributed by atoms with E-state index in [2.05, 4.69) is 51.6 Å². The minimum Gasteiger partial charge on any atom is -0.325 e. The number of thiazole rings is 1. The summed E-state index contributed by atoms with van der Waals surface area (Å²) in [4.78, 5) is 27.5. The van der Waals surface area contributed by atoms with Crippen LogP contribution in [-0.2, 0) is 11.3 Å². The van der Waals surface area contributed by atoms with Crippen LogP contribution < -0.4 is 10.2 Å². The van der Waals surface area contributed by atoms with Gasteiger partial charge in [-0.05, 0) is 77.6 Å².